The lowest BCUT2D eigenvalue weighted by atomic mass is 10.2. The van der Waals surface area contributed by atoms with Gasteiger partial charge in [-0.2, -0.15) is 11.9 Å². The van der Waals surface area contributed by atoms with Crippen molar-refractivity contribution >= 4 is 0 Å². The molecule has 0 bridgehead atoms. The molecule has 0 atom stereocenters. The molecule has 1 aliphatic rings. The molecule has 1 aliphatic heterocycles. The average Bonchev–Trinajstić information content (AvgIpc) is 1.88. The second kappa shape index (κ2) is 2.53. The van der Waals surface area contributed by atoms with Gasteiger partial charge in [-0.3, -0.25) is 0 Å². The van der Waals surface area contributed by atoms with E-state index < -0.39 is 0 Å². The summed E-state index contributed by atoms with van der Waals surface area (Å²) in [5, 5.41) is 4.12. The van der Waals surface area contributed by atoms with Crippen LogP contribution in [0.4, 0.5) is 0 Å². The highest BCUT2D eigenvalue weighted by molar-refractivity contribution is 5.43. The lowest BCUT2D eigenvalue weighted by molar-refractivity contribution is 1.12. The van der Waals surface area contributed by atoms with E-state index in [0.717, 1.165) is 17.7 Å². The standard InChI is InChI=1S/C8H10N/c1-3-8-6-7(2)4-5-9-8/h4-6H,2-3H2,1H3/q-1. The second-order valence-corrected chi connectivity index (χ2v) is 2.01. The summed E-state index contributed by atoms with van der Waals surface area (Å²) in [6, 6.07) is 0. The lowest BCUT2D eigenvalue weighted by Gasteiger charge is -2.23. The Morgan fingerprint density at radius 3 is 2.89 bits per heavy atom. The van der Waals surface area contributed by atoms with Crippen molar-refractivity contribution in [1.29, 1.82) is 0 Å². The van der Waals surface area contributed by atoms with Crippen LogP contribution >= 0.6 is 0 Å². The maximum atomic E-state index is 4.12. The first kappa shape index (κ1) is 6.14. The molecule has 0 spiro atoms. The molecular formula is C8H10N-. The maximum Gasteiger partial charge on any atom is -0.0362 e. The largest absolute Gasteiger partial charge is 0.668 e. The molecule has 1 heterocycles. The molecule has 0 aromatic carbocycles. The predicted octanol–water partition coefficient (Wildman–Crippen LogP) is 2.74. The van der Waals surface area contributed by atoms with E-state index in [0.29, 0.717) is 0 Å². The highest BCUT2D eigenvalue weighted by Crippen LogP contribution is 2.18. The van der Waals surface area contributed by atoms with Crippen LogP contribution in [0, 0.1) is 0 Å². The smallest absolute Gasteiger partial charge is 0.0362 e. The number of nitrogens with zero attached hydrogens (tertiary/aromatic N) is 1. The van der Waals surface area contributed by atoms with Gasteiger partial charge in [-0.25, -0.2) is 0 Å². The van der Waals surface area contributed by atoms with Crippen molar-refractivity contribution in [3.8, 4) is 0 Å². The molecule has 0 N–H and O–H groups in total. The van der Waals surface area contributed by atoms with E-state index in [-0.39, 0.29) is 0 Å². The SMILES string of the molecule is C=C1C=C[N-]C(CC)=C1. The highest BCUT2D eigenvalue weighted by atomic mass is 14.8. The third-order valence-electron chi connectivity index (χ3n) is 1.24. The summed E-state index contributed by atoms with van der Waals surface area (Å²) in [6.07, 6.45) is 6.68. The van der Waals surface area contributed by atoms with Crippen molar-refractivity contribution < 1.29 is 0 Å². The molecule has 9 heavy (non-hydrogen) atoms. The predicted molar refractivity (Wildman–Crippen MR) is 40.0 cm³/mol. The van der Waals surface area contributed by atoms with Gasteiger partial charge in [-0.05, 0) is 5.57 Å². The quantitative estimate of drug-likeness (QED) is 0.505. The molecule has 1 rings (SSSR count). The van der Waals surface area contributed by atoms with Gasteiger partial charge in [0.1, 0.15) is 0 Å². The first-order valence-electron chi connectivity index (χ1n) is 3.10. The summed E-state index contributed by atoms with van der Waals surface area (Å²) < 4.78 is 0. The Kier molecular flexibility index (Phi) is 1.73. The normalized spacial score (nSPS) is 17.0. The third-order valence-corrected chi connectivity index (χ3v) is 1.24. The molecule has 1 heteroatoms. The van der Waals surface area contributed by atoms with Gasteiger partial charge in [0.25, 0.3) is 0 Å². The third kappa shape index (κ3) is 1.46. The fourth-order valence-electron chi connectivity index (χ4n) is 0.721. The average molecular weight is 120 g/mol. The molecule has 0 unspecified atom stereocenters. The topological polar surface area (TPSA) is 14.1 Å². The van der Waals surface area contributed by atoms with E-state index >= 15 is 0 Å². The molecule has 48 valence electrons. The molecular weight excluding hydrogens is 110 g/mol. The zero-order valence-corrected chi connectivity index (χ0v) is 5.59. The van der Waals surface area contributed by atoms with Gasteiger partial charge in [-0.1, -0.05) is 32.1 Å². The molecule has 0 saturated carbocycles. The van der Waals surface area contributed by atoms with Gasteiger partial charge in [0.2, 0.25) is 0 Å². The van der Waals surface area contributed by atoms with Crippen LogP contribution in [-0.2, 0) is 0 Å². The highest BCUT2D eigenvalue weighted by Gasteiger charge is 1.84. The first-order valence-corrected chi connectivity index (χ1v) is 3.10. The van der Waals surface area contributed by atoms with E-state index in [1.54, 1.807) is 6.20 Å². The van der Waals surface area contributed by atoms with E-state index in [1.807, 2.05) is 12.2 Å². The van der Waals surface area contributed by atoms with Gasteiger partial charge < -0.3 is 5.32 Å². The molecule has 0 fully saturated rings. The summed E-state index contributed by atoms with van der Waals surface area (Å²) >= 11 is 0. The van der Waals surface area contributed by atoms with Crippen LogP contribution in [-0.4, -0.2) is 0 Å². The summed E-state index contributed by atoms with van der Waals surface area (Å²) in [4.78, 5) is 0. The van der Waals surface area contributed by atoms with Gasteiger partial charge in [0, 0.05) is 0 Å². The van der Waals surface area contributed by atoms with Gasteiger partial charge in [-0.15, -0.1) is 0 Å². The maximum absolute atomic E-state index is 4.12. The van der Waals surface area contributed by atoms with Gasteiger partial charge in [0.05, 0.1) is 0 Å². The zero-order valence-electron chi connectivity index (χ0n) is 5.59. The van der Waals surface area contributed by atoms with Gasteiger partial charge >= 0.3 is 0 Å². The van der Waals surface area contributed by atoms with Crippen molar-refractivity contribution in [3.05, 3.63) is 41.5 Å². The molecule has 0 aromatic rings. The van der Waals surface area contributed by atoms with E-state index in [1.165, 1.54) is 0 Å². The first-order chi connectivity index (χ1) is 4.33. The minimum Gasteiger partial charge on any atom is -0.668 e. The Bertz CT molecular complexity index is 175. The number of hydrogen-bond donors (Lipinski definition) is 0. The number of allylic oxidation sites excluding steroid dienone is 4. The monoisotopic (exact) mass is 120 g/mol. The Morgan fingerprint density at radius 2 is 2.44 bits per heavy atom. The minimum atomic E-state index is 0.989. The Balaban J connectivity index is 2.66. The molecule has 0 amide bonds. The molecule has 0 aliphatic carbocycles. The van der Waals surface area contributed by atoms with E-state index in [4.69, 9.17) is 0 Å². The van der Waals surface area contributed by atoms with E-state index in [9.17, 15) is 0 Å². The molecule has 0 saturated heterocycles. The van der Waals surface area contributed by atoms with Gasteiger partial charge in [0.15, 0.2) is 0 Å². The molecule has 1 nitrogen and oxygen atoms in total. The van der Waals surface area contributed by atoms with Crippen LogP contribution in [0.2, 0.25) is 0 Å². The van der Waals surface area contributed by atoms with Crippen LogP contribution in [0.25, 0.3) is 5.32 Å². The summed E-state index contributed by atoms with van der Waals surface area (Å²) in [6.45, 7) is 5.87. The molecule has 0 aromatic heterocycles. The van der Waals surface area contributed by atoms with Crippen molar-refractivity contribution in [2.45, 2.75) is 13.3 Å². The van der Waals surface area contributed by atoms with Crippen molar-refractivity contribution in [2.75, 3.05) is 0 Å². The number of hydrogen-bond acceptors (Lipinski definition) is 0. The van der Waals surface area contributed by atoms with Crippen LogP contribution in [0.1, 0.15) is 13.3 Å². The number of rotatable bonds is 1. The van der Waals surface area contributed by atoms with Crippen LogP contribution in [0.3, 0.4) is 0 Å². The zero-order chi connectivity index (χ0) is 6.69. The Hall–Kier alpha value is -0.980. The Morgan fingerprint density at radius 1 is 1.67 bits per heavy atom. The Labute approximate surface area is 55.8 Å². The van der Waals surface area contributed by atoms with Crippen LogP contribution in [0.5, 0.6) is 0 Å². The summed E-state index contributed by atoms with van der Waals surface area (Å²) in [7, 11) is 0. The summed E-state index contributed by atoms with van der Waals surface area (Å²) in [5.41, 5.74) is 2.16. The summed E-state index contributed by atoms with van der Waals surface area (Å²) in [5.74, 6) is 0. The molecule has 0 radical (unpaired) electrons. The fourth-order valence-corrected chi connectivity index (χ4v) is 0.721. The lowest BCUT2D eigenvalue weighted by Crippen LogP contribution is -1.82. The van der Waals surface area contributed by atoms with E-state index in [2.05, 4.69) is 18.8 Å². The minimum absolute atomic E-state index is 0.989. The fraction of sp³-hybridized carbons (Fsp3) is 0.250. The van der Waals surface area contributed by atoms with Crippen molar-refractivity contribution in [3.63, 3.8) is 0 Å². The van der Waals surface area contributed by atoms with Crippen molar-refractivity contribution in [2.24, 2.45) is 0 Å². The van der Waals surface area contributed by atoms with Crippen LogP contribution < -0.4 is 0 Å². The second-order valence-electron chi connectivity index (χ2n) is 2.01. The van der Waals surface area contributed by atoms with Crippen molar-refractivity contribution in [1.82, 2.24) is 0 Å². The van der Waals surface area contributed by atoms with Crippen LogP contribution in [0.15, 0.2) is 36.2 Å².